The molecule has 10 aromatic rings. The highest BCUT2D eigenvalue weighted by Crippen LogP contribution is 2.91. The number of benzene rings is 8. The van der Waals surface area contributed by atoms with Crippen LogP contribution in [0.4, 0.5) is 0 Å². The van der Waals surface area contributed by atoms with Gasteiger partial charge >= 0.3 is 0 Å². The maximum absolute atomic E-state index is 5.59. The lowest BCUT2D eigenvalue weighted by Crippen LogP contribution is -2.42. The van der Waals surface area contributed by atoms with Gasteiger partial charge in [-0.3, -0.25) is 0 Å². The Morgan fingerprint density at radius 1 is 0.561 bits per heavy atom. The van der Waals surface area contributed by atoms with Crippen molar-refractivity contribution in [2.24, 2.45) is 11.8 Å². The van der Waals surface area contributed by atoms with Crippen LogP contribution in [0.25, 0.3) is 104 Å². The molecule has 1 nitrogen and oxygen atoms in total. The molecule has 15 atom stereocenters. The Morgan fingerprint density at radius 2 is 1.41 bits per heavy atom. The summed E-state index contributed by atoms with van der Waals surface area (Å²) in [5, 5.41) is 23.8. The van der Waals surface area contributed by atoms with Crippen molar-refractivity contribution in [2.45, 2.75) is 96.3 Å². The van der Waals surface area contributed by atoms with E-state index < -0.39 is 0 Å². The van der Waals surface area contributed by atoms with Crippen molar-refractivity contribution >= 4 is 104 Å². The lowest BCUT2D eigenvalue weighted by atomic mass is 9.53. The first kappa shape index (κ1) is 27.0. The van der Waals surface area contributed by atoms with Gasteiger partial charge in [0.15, 0.2) is 0 Å². The first-order chi connectivity index (χ1) is 32.7. The van der Waals surface area contributed by atoms with Crippen LogP contribution in [0.15, 0.2) is 41.3 Å². The average molecular weight is 842 g/mol. The first-order valence-electron chi connectivity index (χ1n) is 26.2. The monoisotopic (exact) mass is 841 g/mol. The molecule has 0 saturated heterocycles. The maximum atomic E-state index is 5.59. The van der Waals surface area contributed by atoms with E-state index in [1.807, 2.05) is 116 Å². The standard InChI is InChI=1S/C64H27NS/c1-9-18-23-13-6-11-12-7-16-24-19(9)35-33(18)26-14-8-15-27(26)39-45(35)48-41(24)54-31(16)62-30(12)58-42-22(11)38-28(13)32(25(14)23)20-10(2)21-34-29(15)40-47(39)51(48)56-55-50(40)43(34)52-46-37(21)36(20)44(38)49(42)53(46)59-57(52)61(55)64(60(54)56,65(62)63(58)59)17-4-3-5-66-17/h3-5,7,10,13,15,19-20,24,28-29,32,38,40,47,51,56H,1,6,8H2,2H3/t10?,13?,15?,19?,20-,24?,28+,29?,32?,38-,40?,47?,51?,56?,64-/m1/s1. The van der Waals surface area contributed by atoms with Crippen molar-refractivity contribution in [1.82, 2.24) is 4.57 Å². The number of fused-ring (bicyclic) bond motifs is 5. The minimum absolute atomic E-state index is 0.294. The van der Waals surface area contributed by atoms with Crippen molar-refractivity contribution in [3.8, 4) is 11.1 Å². The topological polar surface area (TPSA) is 4.93 Å². The summed E-state index contributed by atoms with van der Waals surface area (Å²) < 4.78 is 3.24. The molecule has 2 heteroatoms. The van der Waals surface area contributed by atoms with E-state index in [9.17, 15) is 0 Å². The molecule has 17 aliphatic carbocycles. The number of nitrogens with zero attached hydrogens (tertiary/aromatic N) is 1. The van der Waals surface area contributed by atoms with E-state index in [1.54, 1.807) is 109 Å². The SMILES string of the molecule is C=C1c2c3c4c5c6c7c8c9c(c26)C1C1C2=C9C6C9C%10=C2c2c1cc1c%11c%12c%13c%14c%15c%16c%17c(c%18c%19c(c9c9c%20c%19c%17c%14c-%20c%14c%13c1c2n%14[C@]%109c1cccs1)C(C%18C7C5)C86)C(C)[C@@H]%16C4[C@H](C3C%11)[C@H]%15%12. The number of rotatable bonds is 1. The van der Waals surface area contributed by atoms with Crippen LogP contribution in [0.2, 0.25) is 0 Å². The van der Waals surface area contributed by atoms with Crippen molar-refractivity contribution < 1.29 is 0 Å². The van der Waals surface area contributed by atoms with E-state index >= 15 is 0 Å². The van der Waals surface area contributed by atoms with Crippen molar-refractivity contribution in [3.63, 3.8) is 0 Å². The fourth-order valence-electron chi connectivity index (χ4n) is 26.7. The Hall–Kier alpha value is -5.96. The number of hydrogen-bond acceptors (Lipinski definition) is 1. The van der Waals surface area contributed by atoms with E-state index in [4.69, 9.17) is 6.58 Å². The summed E-state index contributed by atoms with van der Waals surface area (Å²) in [6.07, 6.45) is 2.53. The highest BCUT2D eigenvalue weighted by atomic mass is 32.1. The molecule has 0 spiro atoms. The summed E-state index contributed by atoms with van der Waals surface area (Å²) in [4.78, 5) is 1.62. The highest BCUT2D eigenvalue weighted by Gasteiger charge is 2.76. The van der Waals surface area contributed by atoms with E-state index in [-0.39, 0.29) is 5.54 Å². The van der Waals surface area contributed by atoms with E-state index in [0.717, 1.165) is 0 Å². The molecular weight excluding hydrogens is 815 g/mol. The molecule has 0 N–H and O–H groups in total. The quantitative estimate of drug-likeness (QED) is 0.145. The minimum atomic E-state index is -0.294. The van der Waals surface area contributed by atoms with Gasteiger partial charge in [0.05, 0.1) is 11.0 Å². The van der Waals surface area contributed by atoms with Crippen LogP contribution in [0, 0.1) is 11.8 Å². The second kappa shape index (κ2) is 6.49. The van der Waals surface area contributed by atoms with E-state index in [0.29, 0.717) is 82.9 Å². The van der Waals surface area contributed by atoms with Gasteiger partial charge in [0.25, 0.3) is 0 Å². The zero-order valence-corrected chi connectivity index (χ0v) is 36.2. The lowest BCUT2D eigenvalue weighted by Gasteiger charge is -2.50. The van der Waals surface area contributed by atoms with Crippen LogP contribution in [0.5, 0.6) is 0 Å². The van der Waals surface area contributed by atoms with Gasteiger partial charge in [0.1, 0.15) is 5.54 Å². The van der Waals surface area contributed by atoms with Gasteiger partial charge in [-0.15, -0.1) is 11.3 Å². The van der Waals surface area contributed by atoms with Crippen molar-refractivity contribution in [2.75, 3.05) is 0 Å². The third-order valence-electron chi connectivity index (χ3n) is 26.4. The number of thiophene rings is 1. The second-order valence-corrected chi connectivity index (χ2v) is 27.2. The summed E-state index contributed by atoms with van der Waals surface area (Å²) >= 11 is 2.11. The molecule has 2 aromatic heterocycles. The highest BCUT2D eigenvalue weighted by molar-refractivity contribution is 7.10. The van der Waals surface area contributed by atoms with Gasteiger partial charge in [0.2, 0.25) is 0 Å². The number of allylic oxidation sites excluding steroid dienone is 5. The molecule has 0 amide bonds. The number of hydrogen-bond donors (Lipinski definition) is 0. The Kier molecular flexibility index (Phi) is 2.66. The summed E-state index contributed by atoms with van der Waals surface area (Å²) in [6, 6.07) is 8.05. The van der Waals surface area contributed by atoms with Gasteiger partial charge in [-0.05, 0) is 254 Å². The summed E-state index contributed by atoms with van der Waals surface area (Å²) in [5.74, 6) is 7.55. The average Bonchev–Trinajstić information content (AvgIpc) is 4.16. The van der Waals surface area contributed by atoms with Crippen LogP contribution < -0.4 is 0 Å². The number of aromatic nitrogens is 1. The molecule has 8 aromatic carbocycles. The van der Waals surface area contributed by atoms with E-state index in [2.05, 4.69) is 46.4 Å². The minimum Gasteiger partial charge on any atom is -0.320 e. The molecule has 11 unspecified atom stereocenters. The molecule has 0 saturated carbocycles. The third kappa shape index (κ3) is 1.59. The second-order valence-electron chi connectivity index (χ2n) is 26.2. The molecule has 12 bridgehead atoms. The molecule has 2 aliphatic heterocycles. The maximum Gasteiger partial charge on any atom is 0.128 e. The molecule has 294 valence electrons. The van der Waals surface area contributed by atoms with Gasteiger partial charge < -0.3 is 4.57 Å². The predicted octanol–water partition coefficient (Wildman–Crippen LogP) is 14.3. The Morgan fingerprint density at radius 3 is 2.35 bits per heavy atom. The Bertz CT molecular complexity index is 5170. The van der Waals surface area contributed by atoms with Crippen LogP contribution >= 0.6 is 11.3 Å². The zero-order valence-electron chi connectivity index (χ0n) is 35.4. The van der Waals surface area contributed by atoms with Crippen molar-refractivity contribution in [3.05, 3.63) is 152 Å². The largest absolute Gasteiger partial charge is 0.320 e. The molecule has 0 fully saturated rings. The molecule has 29 rings (SSSR count). The van der Waals surface area contributed by atoms with Gasteiger partial charge in [-0.25, -0.2) is 0 Å². The van der Waals surface area contributed by atoms with Gasteiger partial charge in [0, 0.05) is 73.2 Å². The molecule has 0 radical (unpaired) electrons. The normalized spacial score (nSPS) is 40.0. The Balaban J connectivity index is 1.11. The van der Waals surface area contributed by atoms with Crippen LogP contribution in [0.3, 0.4) is 0 Å². The van der Waals surface area contributed by atoms with Gasteiger partial charge in [-0.1, -0.05) is 19.6 Å². The molecular formula is C64H27NS. The van der Waals surface area contributed by atoms with Gasteiger partial charge in [-0.2, -0.15) is 0 Å². The fraction of sp³-hybridized carbons (Fsp3) is 0.281. The predicted molar refractivity (Wildman–Crippen MR) is 259 cm³/mol. The van der Waals surface area contributed by atoms with Crippen LogP contribution in [0.1, 0.15) is 189 Å². The third-order valence-corrected chi connectivity index (χ3v) is 27.4. The molecule has 66 heavy (non-hydrogen) atoms. The summed E-state index contributed by atoms with van der Waals surface area (Å²) in [5.41, 5.74) is 50.8. The zero-order chi connectivity index (χ0) is 39.8. The summed E-state index contributed by atoms with van der Waals surface area (Å²) in [6.45, 7) is 8.41. The smallest absolute Gasteiger partial charge is 0.128 e. The van der Waals surface area contributed by atoms with Crippen LogP contribution in [-0.4, -0.2) is 4.57 Å². The van der Waals surface area contributed by atoms with E-state index in [1.165, 1.54) is 12.8 Å². The lowest BCUT2D eigenvalue weighted by molar-refractivity contribution is 0.267. The molecule has 4 heterocycles. The summed E-state index contributed by atoms with van der Waals surface area (Å²) in [7, 11) is 0. The fourth-order valence-corrected chi connectivity index (χ4v) is 27.6. The molecule has 19 aliphatic rings. The first-order valence-corrected chi connectivity index (χ1v) is 27.1. The van der Waals surface area contributed by atoms with Crippen LogP contribution in [-0.2, 0) is 18.4 Å². The van der Waals surface area contributed by atoms with Crippen molar-refractivity contribution in [1.29, 1.82) is 0 Å². The Labute approximate surface area is 377 Å².